The molecule has 2 aliphatic rings. The molecule has 4 aromatic carbocycles. The van der Waals surface area contributed by atoms with Crippen LogP contribution in [-0.4, -0.2) is 38.9 Å². The molecule has 0 amide bonds. The first kappa shape index (κ1) is 35.2. The molecule has 4 aromatic rings. The van der Waals surface area contributed by atoms with Gasteiger partial charge in [0.1, 0.15) is 24.3 Å². The van der Waals surface area contributed by atoms with Crippen LogP contribution in [0.4, 0.5) is 17.1 Å². The van der Waals surface area contributed by atoms with Crippen molar-refractivity contribution in [1.29, 1.82) is 0 Å². The van der Waals surface area contributed by atoms with E-state index >= 15 is 0 Å². The molecule has 1 aliphatic heterocycles. The van der Waals surface area contributed by atoms with Crippen LogP contribution in [0.25, 0.3) is 0 Å². The number of nitrogens with one attached hydrogen (secondary N) is 1. The Kier molecular flexibility index (Phi) is 11.4. The maximum Gasteiger partial charge on any atom is 0.163 e. The summed E-state index contributed by atoms with van der Waals surface area (Å²) < 4.78 is 11.5. The Labute approximate surface area is 290 Å². The third kappa shape index (κ3) is 7.50. The fraction of sp³-hybridized carbons (Fsp3) is 0.317. The number of benzene rings is 4. The summed E-state index contributed by atoms with van der Waals surface area (Å²) >= 11 is 0. The summed E-state index contributed by atoms with van der Waals surface area (Å²) in [6.45, 7) is 11.1. The maximum absolute atomic E-state index is 14.5. The Morgan fingerprint density at radius 1 is 0.837 bits per heavy atom. The number of rotatable bonds is 10. The molecule has 0 bridgehead atoms. The number of anilines is 3. The Balaban J connectivity index is 0.00000230. The number of hydrogen-bond donors (Lipinski definition) is 1. The summed E-state index contributed by atoms with van der Waals surface area (Å²) in [6, 6.07) is 32.7. The van der Waals surface area contributed by atoms with Crippen molar-refractivity contribution in [3.05, 3.63) is 125 Å². The highest BCUT2D eigenvalue weighted by atomic mass is 16.7. The van der Waals surface area contributed by atoms with Gasteiger partial charge < -0.3 is 24.5 Å². The molecule has 0 radical (unpaired) electrons. The first-order valence-corrected chi connectivity index (χ1v) is 16.8. The number of fused-ring (bicyclic) bond motifs is 1. The molecule has 0 saturated heterocycles. The van der Waals surface area contributed by atoms with Gasteiger partial charge in [-0.25, -0.2) is 5.06 Å². The Morgan fingerprint density at radius 3 is 2.16 bits per heavy atom. The smallest absolute Gasteiger partial charge is 0.163 e. The molecule has 0 spiro atoms. The van der Waals surface area contributed by atoms with Crippen LogP contribution in [0.2, 0.25) is 0 Å². The fourth-order valence-electron chi connectivity index (χ4n) is 7.09. The highest BCUT2D eigenvalue weighted by Crippen LogP contribution is 2.49. The van der Waals surface area contributed by atoms with E-state index in [1.807, 2.05) is 66.4 Å². The molecule has 2 atom stereocenters. The molecular weight excluding hydrogens is 614 g/mol. The van der Waals surface area contributed by atoms with Crippen LogP contribution < -0.4 is 24.8 Å². The SMILES string of the molecule is C=O.COc1ccc(C2CC(=O)C3=C(C2)Nc2ccccc2N(OCc2ccccc2)C3c2ccc(N(C(C)C)C(C)C)cc2OC)cc1. The molecule has 8 nitrogen and oxygen atoms in total. The molecule has 8 heteroatoms. The number of allylic oxidation sites excluding steroid dienone is 1. The lowest BCUT2D eigenvalue weighted by Crippen LogP contribution is -2.37. The number of hydrogen-bond acceptors (Lipinski definition) is 8. The molecule has 2 unspecified atom stereocenters. The van der Waals surface area contributed by atoms with Crippen LogP contribution in [0.15, 0.2) is 108 Å². The van der Waals surface area contributed by atoms with Gasteiger partial charge >= 0.3 is 0 Å². The number of ketones is 1. The maximum atomic E-state index is 14.5. The first-order valence-electron chi connectivity index (χ1n) is 16.8. The van der Waals surface area contributed by atoms with Gasteiger partial charge in [-0.1, -0.05) is 60.7 Å². The standard InChI is InChI=1S/C40H45N3O4.CH2O/c1-26(2)42(27(3)4)31-18-21-33(38(24-31)46-6)40-39-35(22-30(23-37(39)44)29-16-19-32(45-5)20-17-29)41-34-14-10-11-15-36(34)43(40)47-25-28-12-8-7-9-13-28;1-2/h7-21,24,26-27,30,40-41H,22-23,25H2,1-6H3;1H2. The molecule has 0 fully saturated rings. The molecule has 1 aliphatic carbocycles. The van der Waals surface area contributed by atoms with E-state index in [2.05, 4.69) is 80.4 Å². The minimum atomic E-state index is -0.551. The number of carbonyl (C=O) groups excluding carboxylic acids is 2. The zero-order chi connectivity index (χ0) is 35.1. The lowest BCUT2D eigenvalue weighted by atomic mass is 9.78. The lowest BCUT2D eigenvalue weighted by molar-refractivity contribution is -0.117. The largest absolute Gasteiger partial charge is 0.497 e. The predicted octanol–water partition coefficient (Wildman–Crippen LogP) is 8.65. The summed E-state index contributed by atoms with van der Waals surface area (Å²) in [4.78, 5) is 31.7. The van der Waals surface area contributed by atoms with Crippen LogP contribution in [0, 0.1) is 0 Å². The molecule has 1 heterocycles. The van der Waals surface area contributed by atoms with Gasteiger partial charge in [-0.3, -0.25) is 9.63 Å². The number of carbonyl (C=O) groups is 2. The first-order chi connectivity index (χ1) is 23.8. The average molecular weight is 662 g/mol. The van der Waals surface area contributed by atoms with Crippen LogP contribution >= 0.6 is 0 Å². The third-order valence-corrected chi connectivity index (χ3v) is 9.17. The van der Waals surface area contributed by atoms with Gasteiger partial charge in [0.2, 0.25) is 0 Å². The Hall–Kier alpha value is -5.08. The van der Waals surface area contributed by atoms with E-state index < -0.39 is 6.04 Å². The van der Waals surface area contributed by atoms with Crippen molar-refractivity contribution in [3.63, 3.8) is 0 Å². The third-order valence-electron chi connectivity index (χ3n) is 9.17. The van der Waals surface area contributed by atoms with Gasteiger partial charge in [-0.15, -0.1) is 0 Å². The van der Waals surface area contributed by atoms with Gasteiger partial charge in [-0.05, 0) is 81.5 Å². The molecule has 0 aromatic heterocycles. The van der Waals surface area contributed by atoms with E-state index in [1.165, 1.54) is 0 Å². The van der Waals surface area contributed by atoms with E-state index in [9.17, 15) is 4.79 Å². The van der Waals surface area contributed by atoms with Gasteiger partial charge in [0.05, 0.1) is 32.2 Å². The number of hydroxylamine groups is 1. The fourth-order valence-corrected chi connectivity index (χ4v) is 7.09. The van der Waals surface area contributed by atoms with Crippen molar-refractivity contribution in [2.45, 2.75) is 71.2 Å². The van der Waals surface area contributed by atoms with Crippen molar-refractivity contribution in [2.75, 3.05) is 29.5 Å². The summed E-state index contributed by atoms with van der Waals surface area (Å²) in [7, 11) is 3.37. The Bertz CT molecular complexity index is 1740. The van der Waals surface area contributed by atoms with E-state index in [1.54, 1.807) is 14.2 Å². The highest BCUT2D eigenvalue weighted by Gasteiger charge is 2.41. The minimum Gasteiger partial charge on any atom is -0.497 e. The molecule has 49 heavy (non-hydrogen) atoms. The minimum absolute atomic E-state index is 0.0270. The van der Waals surface area contributed by atoms with Crippen LogP contribution in [-0.2, 0) is 21.0 Å². The summed E-state index contributed by atoms with van der Waals surface area (Å²) in [6.07, 6.45) is 1.07. The Morgan fingerprint density at radius 2 is 1.51 bits per heavy atom. The van der Waals surface area contributed by atoms with Gasteiger partial charge in [0, 0.05) is 47.1 Å². The van der Waals surface area contributed by atoms with Crippen molar-refractivity contribution in [3.8, 4) is 11.5 Å². The number of Topliss-reactive ketones (excluding diaryl/α,β-unsaturated/α-hetero) is 1. The second-order valence-corrected chi connectivity index (χ2v) is 12.8. The molecular formula is C41H47N3O5. The zero-order valence-electron chi connectivity index (χ0n) is 29.3. The number of nitrogens with zero attached hydrogens (tertiary/aromatic N) is 2. The van der Waals surface area contributed by atoms with Crippen molar-refractivity contribution in [1.82, 2.24) is 0 Å². The van der Waals surface area contributed by atoms with Crippen molar-refractivity contribution < 1.29 is 23.9 Å². The molecule has 256 valence electrons. The second-order valence-electron chi connectivity index (χ2n) is 12.8. The second kappa shape index (κ2) is 15.9. The van der Waals surface area contributed by atoms with Crippen molar-refractivity contribution in [2.24, 2.45) is 0 Å². The monoisotopic (exact) mass is 661 g/mol. The van der Waals surface area contributed by atoms with Gasteiger partial charge in [-0.2, -0.15) is 0 Å². The van der Waals surface area contributed by atoms with Crippen molar-refractivity contribution >= 4 is 29.6 Å². The van der Waals surface area contributed by atoms with Gasteiger partial charge in [0.25, 0.3) is 0 Å². The van der Waals surface area contributed by atoms with E-state index in [4.69, 9.17) is 19.1 Å². The predicted molar refractivity (Wildman–Crippen MR) is 196 cm³/mol. The zero-order valence-corrected chi connectivity index (χ0v) is 29.3. The summed E-state index contributed by atoms with van der Waals surface area (Å²) in [5, 5.41) is 5.62. The summed E-state index contributed by atoms with van der Waals surface area (Å²) in [5.74, 6) is 1.62. The summed E-state index contributed by atoms with van der Waals surface area (Å²) in [5.41, 5.74) is 7.45. The molecule has 1 N–H and O–H groups in total. The van der Waals surface area contributed by atoms with Crippen LogP contribution in [0.3, 0.4) is 0 Å². The highest BCUT2D eigenvalue weighted by molar-refractivity contribution is 6.01. The van der Waals surface area contributed by atoms with Crippen LogP contribution in [0.1, 0.15) is 69.2 Å². The molecule has 6 rings (SSSR count). The van der Waals surface area contributed by atoms with E-state index in [0.29, 0.717) is 42.9 Å². The van der Waals surface area contributed by atoms with Gasteiger partial charge in [0.15, 0.2) is 5.78 Å². The topological polar surface area (TPSA) is 80.3 Å². The normalized spacial score (nSPS) is 17.0. The average Bonchev–Trinajstić information content (AvgIpc) is 3.26. The number of ether oxygens (including phenoxy) is 2. The molecule has 0 saturated carbocycles. The van der Waals surface area contributed by atoms with Crippen LogP contribution in [0.5, 0.6) is 11.5 Å². The lowest BCUT2D eigenvalue weighted by Gasteiger charge is -2.37. The number of para-hydroxylation sites is 2. The van der Waals surface area contributed by atoms with E-state index in [-0.39, 0.29) is 11.7 Å². The quantitative estimate of drug-likeness (QED) is 0.181. The number of methoxy groups -OCH3 is 2. The van der Waals surface area contributed by atoms with E-state index in [0.717, 1.165) is 45.2 Å².